The number of carbonyl (C=O) groups excluding carboxylic acids is 1. The molecule has 0 unspecified atom stereocenters. The number of rotatable bonds is 3. The van der Waals surface area contributed by atoms with Crippen molar-refractivity contribution in [2.24, 2.45) is 0 Å². The van der Waals surface area contributed by atoms with Crippen molar-refractivity contribution >= 4 is 18.5 Å². The summed E-state index contributed by atoms with van der Waals surface area (Å²) in [7, 11) is 0. The van der Waals surface area contributed by atoms with Crippen molar-refractivity contribution in [1.82, 2.24) is 10.3 Å². The zero-order valence-corrected chi connectivity index (χ0v) is 10.9. The Hall–Kier alpha value is -1.81. The topological polar surface area (TPSA) is 42.0 Å². The van der Waals surface area contributed by atoms with Gasteiger partial charge in [-0.1, -0.05) is 6.07 Å². The van der Waals surface area contributed by atoms with Crippen LogP contribution < -0.4 is 5.32 Å². The maximum Gasteiger partial charge on any atom is 0.251 e. The van der Waals surface area contributed by atoms with E-state index in [1.54, 1.807) is 30.5 Å². The fourth-order valence-electron chi connectivity index (χ4n) is 1.58. The van der Waals surface area contributed by atoms with Crippen molar-refractivity contribution in [3.8, 4) is 0 Å². The Bertz CT molecular complexity index is 552. The molecular formula is C14H14N2OS. The molecule has 0 atom stereocenters. The quantitative estimate of drug-likeness (QED) is 0.831. The van der Waals surface area contributed by atoms with Gasteiger partial charge in [-0.15, -0.1) is 12.6 Å². The molecule has 0 radical (unpaired) electrons. The van der Waals surface area contributed by atoms with E-state index in [-0.39, 0.29) is 5.91 Å². The Morgan fingerprint density at radius 2 is 2.00 bits per heavy atom. The van der Waals surface area contributed by atoms with Gasteiger partial charge in [0.15, 0.2) is 0 Å². The summed E-state index contributed by atoms with van der Waals surface area (Å²) in [5, 5.41) is 2.85. The maximum atomic E-state index is 11.9. The predicted octanol–water partition coefficient (Wildman–Crippen LogP) is 2.61. The zero-order chi connectivity index (χ0) is 13.0. The first-order chi connectivity index (χ1) is 8.66. The van der Waals surface area contributed by atoms with Crippen LogP contribution in [0.5, 0.6) is 0 Å². The number of nitrogens with zero attached hydrogens (tertiary/aromatic N) is 1. The van der Waals surface area contributed by atoms with E-state index in [0.717, 1.165) is 16.2 Å². The van der Waals surface area contributed by atoms with Gasteiger partial charge in [0.05, 0.1) is 12.2 Å². The van der Waals surface area contributed by atoms with Crippen LogP contribution in [0, 0.1) is 6.92 Å². The molecule has 1 amide bonds. The number of benzene rings is 1. The van der Waals surface area contributed by atoms with Crippen molar-refractivity contribution in [2.75, 3.05) is 0 Å². The third-order valence-corrected chi connectivity index (χ3v) is 2.96. The standard InChI is InChI=1S/C14H14N2OS/c1-10-3-2-8-15-13(10)9-16-14(17)11-4-6-12(18)7-5-11/h2-8,18H,9H2,1H3,(H,16,17). The lowest BCUT2D eigenvalue weighted by molar-refractivity contribution is 0.0950. The van der Waals surface area contributed by atoms with Crippen molar-refractivity contribution in [2.45, 2.75) is 18.4 Å². The van der Waals surface area contributed by atoms with E-state index >= 15 is 0 Å². The van der Waals surface area contributed by atoms with Crippen molar-refractivity contribution < 1.29 is 4.79 Å². The fraction of sp³-hybridized carbons (Fsp3) is 0.143. The van der Waals surface area contributed by atoms with Gasteiger partial charge in [-0.05, 0) is 42.8 Å². The number of amides is 1. The molecule has 0 fully saturated rings. The zero-order valence-electron chi connectivity index (χ0n) is 10.1. The Morgan fingerprint density at radius 1 is 1.28 bits per heavy atom. The maximum absolute atomic E-state index is 11.9. The van der Waals surface area contributed by atoms with E-state index < -0.39 is 0 Å². The lowest BCUT2D eigenvalue weighted by atomic mass is 10.2. The molecule has 2 rings (SSSR count). The normalized spacial score (nSPS) is 10.1. The largest absolute Gasteiger partial charge is 0.346 e. The molecule has 2 aromatic rings. The first-order valence-electron chi connectivity index (χ1n) is 5.64. The molecule has 0 saturated carbocycles. The minimum absolute atomic E-state index is 0.103. The second-order valence-corrected chi connectivity index (χ2v) is 4.51. The van der Waals surface area contributed by atoms with E-state index in [1.165, 1.54) is 0 Å². The van der Waals surface area contributed by atoms with E-state index in [4.69, 9.17) is 0 Å². The van der Waals surface area contributed by atoms with E-state index in [9.17, 15) is 4.79 Å². The summed E-state index contributed by atoms with van der Waals surface area (Å²) in [5.41, 5.74) is 2.58. The Kier molecular flexibility index (Phi) is 3.99. The number of nitrogens with one attached hydrogen (secondary N) is 1. The molecule has 1 N–H and O–H groups in total. The number of thiol groups is 1. The summed E-state index contributed by atoms with van der Waals surface area (Å²) >= 11 is 4.18. The van der Waals surface area contributed by atoms with Crippen molar-refractivity contribution in [3.05, 3.63) is 59.4 Å². The third-order valence-electron chi connectivity index (χ3n) is 2.66. The lowest BCUT2D eigenvalue weighted by Gasteiger charge is -2.07. The van der Waals surface area contributed by atoms with Gasteiger partial charge >= 0.3 is 0 Å². The third kappa shape index (κ3) is 3.11. The molecule has 0 aliphatic rings. The van der Waals surface area contributed by atoms with Crippen LogP contribution in [-0.2, 0) is 6.54 Å². The second kappa shape index (κ2) is 5.69. The SMILES string of the molecule is Cc1cccnc1CNC(=O)c1ccc(S)cc1. The number of hydrogen-bond acceptors (Lipinski definition) is 3. The molecule has 0 aliphatic carbocycles. The number of carbonyl (C=O) groups is 1. The molecule has 3 nitrogen and oxygen atoms in total. The molecule has 0 bridgehead atoms. The van der Waals surface area contributed by atoms with Crippen LogP contribution in [0.2, 0.25) is 0 Å². The summed E-state index contributed by atoms with van der Waals surface area (Å²) in [5.74, 6) is -0.103. The smallest absolute Gasteiger partial charge is 0.251 e. The van der Waals surface area contributed by atoms with E-state index in [1.807, 2.05) is 19.1 Å². The molecule has 1 aromatic carbocycles. The monoisotopic (exact) mass is 258 g/mol. The average Bonchev–Trinajstić information content (AvgIpc) is 2.38. The summed E-state index contributed by atoms with van der Waals surface area (Å²) < 4.78 is 0. The molecular weight excluding hydrogens is 244 g/mol. The number of aryl methyl sites for hydroxylation is 1. The second-order valence-electron chi connectivity index (χ2n) is 4.00. The van der Waals surface area contributed by atoms with E-state index in [2.05, 4.69) is 22.9 Å². The molecule has 0 saturated heterocycles. The summed E-state index contributed by atoms with van der Waals surface area (Å²) in [6.07, 6.45) is 1.73. The highest BCUT2D eigenvalue weighted by Gasteiger charge is 2.06. The van der Waals surface area contributed by atoms with Gasteiger partial charge in [0, 0.05) is 16.7 Å². The molecule has 0 aliphatic heterocycles. The summed E-state index contributed by atoms with van der Waals surface area (Å²) in [6.45, 7) is 2.41. The number of pyridine rings is 1. The minimum atomic E-state index is -0.103. The van der Waals surface area contributed by atoms with Crippen molar-refractivity contribution in [3.63, 3.8) is 0 Å². The van der Waals surface area contributed by atoms with Crippen LogP contribution in [0.1, 0.15) is 21.6 Å². The van der Waals surface area contributed by atoms with Gasteiger partial charge in [-0.25, -0.2) is 0 Å². The molecule has 92 valence electrons. The Labute approximate surface area is 112 Å². The van der Waals surface area contributed by atoms with Gasteiger partial charge in [0.2, 0.25) is 0 Å². The lowest BCUT2D eigenvalue weighted by Crippen LogP contribution is -2.23. The Morgan fingerprint density at radius 3 is 2.67 bits per heavy atom. The summed E-state index contributed by atoms with van der Waals surface area (Å²) in [4.78, 5) is 16.9. The van der Waals surface area contributed by atoms with Gasteiger partial charge in [-0.3, -0.25) is 9.78 Å². The molecule has 4 heteroatoms. The van der Waals surface area contributed by atoms with E-state index in [0.29, 0.717) is 12.1 Å². The van der Waals surface area contributed by atoms with Crippen LogP contribution in [-0.4, -0.2) is 10.9 Å². The first-order valence-corrected chi connectivity index (χ1v) is 6.09. The van der Waals surface area contributed by atoms with Crippen LogP contribution in [0.4, 0.5) is 0 Å². The molecule has 0 spiro atoms. The summed E-state index contributed by atoms with van der Waals surface area (Å²) in [6, 6.07) is 11.0. The highest BCUT2D eigenvalue weighted by Crippen LogP contribution is 2.08. The van der Waals surface area contributed by atoms with Crippen LogP contribution >= 0.6 is 12.6 Å². The predicted molar refractivity (Wildman–Crippen MR) is 73.8 cm³/mol. The van der Waals surface area contributed by atoms with Gasteiger partial charge in [-0.2, -0.15) is 0 Å². The van der Waals surface area contributed by atoms with Gasteiger partial charge in [0.1, 0.15) is 0 Å². The van der Waals surface area contributed by atoms with Crippen molar-refractivity contribution in [1.29, 1.82) is 0 Å². The van der Waals surface area contributed by atoms with Gasteiger partial charge < -0.3 is 5.32 Å². The molecule has 18 heavy (non-hydrogen) atoms. The molecule has 1 heterocycles. The highest BCUT2D eigenvalue weighted by molar-refractivity contribution is 7.80. The fourth-order valence-corrected chi connectivity index (χ4v) is 1.73. The number of hydrogen-bond donors (Lipinski definition) is 2. The Balaban J connectivity index is 2.01. The highest BCUT2D eigenvalue weighted by atomic mass is 32.1. The minimum Gasteiger partial charge on any atom is -0.346 e. The number of aromatic nitrogens is 1. The van der Waals surface area contributed by atoms with Crippen LogP contribution in [0.25, 0.3) is 0 Å². The molecule has 1 aromatic heterocycles. The van der Waals surface area contributed by atoms with Crippen LogP contribution in [0.3, 0.4) is 0 Å². The first kappa shape index (κ1) is 12.6. The van der Waals surface area contributed by atoms with Crippen LogP contribution in [0.15, 0.2) is 47.5 Å². The average molecular weight is 258 g/mol. The van der Waals surface area contributed by atoms with Gasteiger partial charge in [0.25, 0.3) is 5.91 Å².